The van der Waals surface area contributed by atoms with Crippen molar-refractivity contribution < 1.29 is 4.74 Å². The predicted octanol–water partition coefficient (Wildman–Crippen LogP) is 5.16. The molecule has 0 radical (unpaired) electrons. The Labute approximate surface area is 116 Å². The highest BCUT2D eigenvalue weighted by Gasteiger charge is 2.21. The molecular formula is C11H13Br3O. The van der Waals surface area contributed by atoms with Crippen LogP contribution in [0.5, 0.6) is 5.75 Å². The van der Waals surface area contributed by atoms with Gasteiger partial charge in [0.1, 0.15) is 11.4 Å². The molecule has 0 aliphatic rings. The molecule has 0 atom stereocenters. The van der Waals surface area contributed by atoms with Crippen molar-refractivity contribution in [2.45, 2.75) is 28.5 Å². The Balaban J connectivity index is 2.94. The zero-order chi connectivity index (χ0) is 11.7. The number of halogens is 3. The first kappa shape index (κ1) is 13.5. The second-order valence-corrected chi connectivity index (χ2v) is 11.0. The lowest BCUT2D eigenvalue weighted by molar-refractivity contribution is 0.131. The molecule has 0 saturated heterocycles. The molecule has 0 N–H and O–H groups in total. The minimum Gasteiger partial charge on any atom is -0.488 e. The molecule has 1 rings (SSSR count). The molecule has 84 valence electrons. The van der Waals surface area contributed by atoms with Crippen molar-refractivity contribution >= 4 is 47.8 Å². The Kier molecular flexibility index (Phi) is 4.29. The first-order chi connectivity index (χ1) is 6.68. The van der Waals surface area contributed by atoms with Gasteiger partial charge in [-0.1, -0.05) is 59.9 Å². The fourth-order valence-electron chi connectivity index (χ4n) is 1.09. The molecule has 0 amide bonds. The van der Waals surface area contributed by atoms with Crippen LogP contribution in [0, 0.1) is 0 Å². The van der Waals surface area contributed by atoms with Crippen LogP contribution in [-0.4, -0.2) is 5.60 Å². The quantitative estimate of drug-likeness (QED) is 0.592. The summed E-state index contributed by atoms with van der Waals surface area (Å²) >= 11 is 10.4. The van der Waals surface area contributed by atoms with Gasteiger partial charge in [-0.3, -0.25) is 0 Å². The first-order valence-corrected chi connectivity index (χ1v) is 6.93. The zero-order valence-corrected chi connectivity index (χ0v) is 13.6. The molecule has 1 aromatic carbocycles. The van der Waals surface area contributed by atoms with Gasteiger partial charge in [0.2, 0.25) is 0 Å². The molecule has 0 unspecified atom stereocenters. The fraction of sp³-hybridized carbons (Fsp3) is 0.455. The third-order valence-corrected chi connectivity index (χ3v) is 2.96. The topological polar surface area (TPSA) is 9.23 Å². The lowest BCUT2D eigenvalue weighted by atomic mass is 10.2. The first-order valence-electron chi connectivity index (χ1n) is 4.55. The van der Waals surface area contributed by atoms with Crippen molar-refractivity contribution in [2.24, 2.45) is 0 Å². The average Bonchev–Trinajstić information content (AvgIpc) is 1.99. The van der Waals surface area contributed by atoms with Gasteiger partial charge in [0.15, 0.2) is 2.14 Å². The summed E-state index contributed by atoms with van der Waals surface area (Å²) in [5.74, 6) is 0.864. The maximum Gasteiger partial charge on any atom is 0.160 e. The van der Waals surface area contributed by atoms with Crippen molar-refractivity contribution in [3.63, 3.8) is 0 Å². The van der Waals surface area contributed by atoms with Gasteiger partial charge >= 0.3 is 0 Å². The number of hydrogen-bond acceptors (Lipinski definition) is 1. The van der Waals surface area contributed by atoms with Gasteiger partial charge in [-0.2, -0.15) is 0 Å². The normalized spacial score (nSPS) is 12.7. The maximum atomic E-state index is 5.78. The summed E-state index contributed by atoms with van der Waals surface area (Å²) in [5, 5.41) is 0. The average molecular weight is 401 g/mol. The summed E-state index contributed by atoms with van der Waals surface area (Å²) in [6.45, 7) is 6.09. The summed E-state index contributed by atoms with van der Waals surface area (Å²) < 4.78 is 5.39. The summed E-state index contributed by atoms with van der Waals surface area (Å²) in [6.07, 6.45) is 0. The van der Waals surface area contributed by atoms with Crippen LogP contribution in [0.25, 0.3) is 0 Å². The molecule has 15 heavy (non-hydrogen) atoms. The van der Waals surface area contributed by atoms with Crippen LogP contribution < -0.4 is 4.74 Å². The Morgan fingerprint density at radius 1 is 1.07 bits per heavy atom. The van der Waals surface area contributed by atoms with E-state index in [1.165, 1.54) is 0 Å². The maximum absolute atomic E-state index is 5.78. The van der Waals surface area contributed by atoms with Crippen molar-refractivity contribution in [3.05, 3.63) is 29.8 Å². The smallest absolute Gasteiger partial charge is 0.160 e. The molecule has 0 spiro atoms. The van der Waals surface area contributed by atoms with E-state index in [1.807, 2.05) is 45.0 Å². The van der Waals surface area contributed by atoms with E-state index in [9.17, 15) is 0 Å². The Bertz CT molecular complexity index is 336. The number of alkyl halides is 3. The lowest BCUT2D eigenvalue weighted by Crippen LogP contribution is -2.23. The van der Waals surface area contributed by atoms with Crippen LogP contribution >= 0.6 is 47.8 Å². The third kappa shape index (κ3) is 4.87. The largest absolute Gasteiger partial charge is 0.488 e. The van der Waals surface area contributed by atoms with Crippen molar-refractivity contribution in [2.75, 3.05) is 0 Å². The molecule has 0 heterocycles. The molecule has 0 saturated carbocycles. The molecular weight excluding hydrogens is 388 g/mol. The number of ether oxygens (including phenoxy) is 1. The number of benzene rings is 1. The molecule has 1 nitrogen and oxygen atoms in total. The van der Waals surface area contributed by atoms with Gasteiger partial charge in [0, 0.05) is 0 Å². The molecule has 0 aliphatic carbocycles. The highest BCUT2D eigenvalue weighted by molar-refractivity contribution is 9.38. The number of rotatable bonds is 1. The molecule has 0 aliphatic heterocycles. The lowest BCUT2D eigenvalue weighted by Gasteiger charge is -2.22. The zero-order valence-electron chi connectivity index (χ0n) is 8.85. The highest BCUT2D eigenvalue weighted by Crippen LogP contribution is 2.45. The summed E-state index contributed by atoms with van der Waals surface area (Å²) in [6, 6.07) is 7.92. The van der Waals surface area contributed by atoms with Crippen molar-refractivity contribution in [1.29, 1.82) is 0 Å². The van der Waals surface area contributed by atoms with E-state index in [0.717, 1.165) is 11.3 Å². The van der Waals surface area contributed by atoms with Crippen molar-refractivity contribution in [3.8, 4) is 5.75 Å². The Morgan fingerprint density at radius 3 is 2.13 bits per heavy atom. The van der Waals surface area contributed by atoms with Gasteiger partial charge in [0.25, 0.3) is 0 Å². The van der Waals surface area contributed by atoms with Gasteiger partial charge in [-0.25, -0.2) is 0 Å². The van der Waals surface area contributed by atoms with Gasteiger partial charge in [-0.15, -0.1) is 0 Å². The standard InChI is InChI=1S/C11H13Br3O/c1-10(2,3)15-9-6-4-5-8(7-9)11(12,13)14/h4-7H,1-3H3. The van der Waals surface area contributed by atoms with Crippen LogP contribution in [0.15, 0.2) is 24.3 Å². The van der Waals surface area contributed by atoms with E-state index in [2.05, 4.69) is 47.8 Å². The van der Waals surface area contributed by atoms with Gasteiger partial charge in [-0.05, 0) is 38.5 Å². The number of hydrogen-bond donors (Lipinski definition) is 0. The van der Waals surface area contributed by atoms with Crippen LogP contribution in [0.1, 0.15) is 26.3 Å². The summed E-state index contributed by atoms with van der Waals surface area (Å²) in [4.78, 5) is 0. The van der Waals surface area contributed by atoms with Gasteiger partial charge < -0.3 is 4.74 Å². The van der Waals surface area contributed by atoms with E-state index in [0.29, 0.717) is 0 Å². The van der Waals surface area contributed by atoms with E-state index in [4.69, 9.17) is 4.74 Å². The van der Waals surface area contributed by atoms with E-state index >= 15 is 0 Å². The predicted molar refractivity (Wildman–Crippen MR) is 75.3 cm³/mol. The summed E-state index contributed by atoms with van der Waals surface area (Å²) in [5.41, 5.74) is 0.885. The Morgan fingerprint density at radius 2 is 1.67 bits per heavy atom. The van der Waals surface area contributed by atoms with Crippen LogP contribution in [-0.2, 0) is 2.14 Å². The summed E-state index contributed by atoms with van der Waals surface area (Å²) in [7, 11) is 0. The van der Waals surface area contributed by atoms with Crippen LogP contribution in [0.4, 0.5) is 0 Å². The van der Waals surface area contributed by atoms with Gasteiger partial charge in [0.05, 0.1) is 0 Å². The minimum absolute atomic E-state index is 0.174. The molecule has 1 aromatic rings. The fourth-order valence-corrected chi connectivity index (χ4v) is 1.83. The monoisotopic (exact) mass is 398 g/mol. The van der Waals surface area contributed by atoms with E-state index in [-0.39, 0.29) is 7.74 Å². The second-order valence-electron chi connectivity index (χ2n) is 4.24. The molecule has 0 aromatic heterocycles. The molecule has 0 bridgehead atoms. The highest BCUT2D eigenvalue weighted by atomic mass is 80.0. The third-order valence-electron chi connectivity index (χ3n) is 1.59. The van der Waals surface area contributed by atoms with E-state index in [1.54, 1.807) is 0 Å². The molecule has 0 fully saturated rings. The minimum atomic E-state index is -0.385. The van der Waals surface area contributed by atoms with Crippen LogP contribution in [0.2, 0.25) is 0 Å². The van der Waals surface area contributed by atoms with E-state index < -0.39 is 0 Å². The second kappa shape index (κ2) is 4.76. The Hall–Kier alpha value is 0.460. The SMILES string of the molecule is CC(C)(C)Oc1cccc(C(Br)(Br)Br)c1. The molecule has 4 heteroatoms. The van der Waals surface area contributed by atoms with Crippen molar-refractivity contribution in [1.82, 2.24) is 0 Å². The van der Waals surface area contributed by atoms with Crippen LogP contribution in [0.3, 0.4) is 0 Å².